The zero-order chi connectivity index (χ0) is 12.1. The second-order valence-corrected chi connectivity index (χ2v) is 5.04. The predicted molar refractivity (Wildman–Crippen MR) is 71.0 cm³/mol. The Labute approximate surface area is 114 Å². The van der Waals surface area contributed by atoms with Gasteiger partial charge in [-0.1, -0.05) is 0 Å². The summed E-state index contributed by atoms with van der Waals surface area (Å²) >= 11 is 0. The summed E-state index contributed by atoms with van der Waals surface area (Å²) in [5.74, 6) is 0.0633. The van der Waals surface area contributed by atoms with Crippen LogP contribution in [-0.4, -0.2) is 52.0 Å². The number of nitrogens with one attached hydrogen (secondary N) is 2. The number of halogens is 1. The predicted octanol–water partition coefficient (Wildman–Crippen LogP) is 0.330. The van der Waals surface area contributed by atoms with E-state index in [0.717, 1.165) is 26.1 Å². The molecule has 1 aliphatic carbocycles. The minimum atomic E-state index is -0.179. The van der Waals surface area contributed by atoms with Crippen LogP contribution in [0.2, 0.25) is 0 Å². The quantitative estimate of drug-likeness (QED) is 0.735. The fourth-order valence-electron chi connectivity index (χ4n) is 2.14. The van der Waals surface area contributed by atoms with Crippen LogP contribution in [0.1, 0.15) is 19.3 Å². The molecule has 5 nitrogen and oxygen atoms in total. The van der Waals surface area contributed by atoms with Crippen LogP contribution in [0.25, 0.3) is 0 Å². The molecule has 1 saturated heterocycles. The molecule has 1 unspecified atom stereocenters. The Morgan fingerprint density at radius 3 is 2.89 bits per heavy atom. The monoisotopic (exact) mass is 278 g/mol. The van der Waals surface area contributed by atoms with Crippen molar-refractivity contribution in [1.29, 1.82) is 0 Å². The van der Waals surface area contributed by atoms with Crippen LogP contribution < -0.4 is 10.6 Å². The SMILES string of the molecule is COCCC1(CNC(=O)C2COCCN2)CC1.Cl. The molecule has 0 aromatic rings. The summed E-state index contributed by atoms with van der Waals surface area (Å²) in [6.45, 7) is 3.49. The molecular weight excluding hydrogens is 256 g/mol. The number of methoxy groups -OCH3 is 1. The fraction of sp³-hybridized carbons (Fsp3) is 0.917. The van der Waals surface area contributed by atoms with E-state index in [-0.39, 0.29) is 24.4 Å². The Morgan fingerprint density at radius 1 is 1.56 bits per heavy atom. The molecule has 18 heavy (non-hydrogen) atoms. The number of hydrogen-bond acceptors (Lipinski definition) is 4. The van der Waals surface area contributed by atoms with Gasteiger partial charge in [-0.2, -0.15) is 0 Å². The van der Waals surface area contributed by atoms with Gasteiger partial charge in [0.1, 0.15) is 6.04 Å². The second kappa shape index (κ2) is 7.28. The van der Waals surface area contributed by atoms with Gasteiger partial charge < -0.3 is 20.1 Å². The number of carbonyl (C=O) groups excluding carboxylic acids is 1. The van der Waals surface area contributed by atoms with Gasteiger partial charge in [-0.3, -0.25) is 4.79 Å². The number of ether oxygens (including phenoxy) is 2. The van der Waals surface area contributed by atoms with E-state index in [0.29, 0.717) is 18.6 Å². The molecule has 1 atom stereocenters. The van der Waals surface area contributed by atoms with Crippen LogP contribution in [0, 0.1) is 5.41 Å². The number of carbonyl (C=O) groups is 1. The first kappa shape index (κ1) is 15.7. The molecule has 1 aliphatic heterocycles. The number of hydrogen-bond donors (Lipinski definition) is 2. The van der Waals surface area contributed by atoms with Crippen molar-refractivity contribution in [3.63, 3.8) is 0 Å². The lowest BCUT2D eigenvalue weighted by atomic mass is 10.0. The Kier molecular flexibility index (Phi) is 6.35. The fourth-order valence-corrected chi connectivity index (χ4v) is 2.14. The summed E-state index contributed by atoms with van der Waals surface area (Å²) in [4.78, 5) is 11.9. The van der Waals surface area contributed by atoms with Crippen molar-refractivity contribution in [3.8, 4) is 0 Å². The maximum atomic E-state index is 11.9. The number of morpholine rings is 1. The highest BCUT2D eigenvalue weighted by Gasteiger charge is 2.42. The van der Waals surface area contributed by atoms with Gasteiger partial charge in [0.15, 0.2) is 0 Å². The molecular formula is C12H23ClN2O3. The minimum Gasteiger partial charge on any atom is -0.385 e. The summed E-state index contributed by atoms with van der Waals surface area (Å²) in [6, 6.07) is -0.179. The van der Waals surface area contributed by atoms with Gasteiger partial charge >= 0.3 is 0 Å². The summed E-state index contributed by atoms with van der Waals surface area (Å²) in [7, 11) is 1.72. The first-order valence-corrected chi connectivity index (χ1v) is 6.34. The number of rotatable bonds is 6. The lowest BCUT2D eigenvalue weighted by Crippen LogP contribution is -2.52. The van der Waals surface area contributed by atoms with Gasteiger partial charge in [0.05, 0.1) is 13.2 Å². The van der Waals surface area contributed by atoms with E-state index < -0.39 is 0 Å². The molecule has 6 heteroatoms. The van der Waals surface area contributed by atoms with Crippen molar-refractivity contribution in [2.45, 2.75) is 25.3 Å². The molecule has 2 rings (SSSR count). The molecule has 0 aromatic heterocycles. The highest BCUT2D eigenvalue weighted by atomic mass is 35.5. The van der Waals surface area contributed by atoms with Crippen LogP contribution in [0.15, 0.2) is 0 Å². The standard InChI is InChI=1S/C12H22N2O3.ClH/c1-16-6-4-12(2-3-12)9-14-11(15)10-8-17-7-5-13-10;/h10,13H,2-9H2,1H3,(H,14,15);1H. The molecule has 0 radical (unpaired) electrons. The van der Waals surface area contributed by atoms with Crippen LogP contribution in [-0.2, 0) is 14.3 Å². The van der Waals surface area contributed by atoms with E-state index in [2.05, 4.69) is 10.6 Å². The minimum absolute atomic E-state index is 0. The third kappa shape index (κ3) is 4.39. The Morgan fingerprint density at radius 2 is 2.33 bits per heavy atom. The maximum absolute atomic E-state index is 11.9. The smallest absolute Gasteiger partial charge is 0.239 e. The Balaban J connectivity index is 0.00000162. The zero-order valence-corrected chi connectivity index (χ0v) is 11.7. The number of amides is 1. The van der Waals surface area contributed by atoms with Gasteiger partial charge in [0.2, 0.25) is 5.91 Å². The van der Waals surface area contributed by atoms with Gasteiger partial charge in [-0.05, 0) is 24.7 Å². The van der Waals surface area contributed by atoms with Crippen molar-refractivity contribution in [3.05, 3.63) is 0 Å². The molecule has 0 bridgehead atoms. The van der Waals surface area contributed by atoms with Gasteiger partial charge in [0.25, 0.3) is 0 Å². The van der Waals surface area contributed by atoms with E-state index >= 15 is 0 Å². The van der Waals surface area contributed by atoms with E-state index in [9.17, 15) is 4.79 Å². The van der Waals surface area contributed by atoms with E-state index in [1.807, 2.05) is 0 Å². The molecule has 2 N–H and O–H groups in total. The molecule has 0 aromatic carbocycles. The first-order valence-electron chi connectivity index (χ1n) is 6.34. The average Bonchev–Trinajstić information content (AvgIpc) is 3.15. The molecule has 106 valence electrons. The van der Waals surface area contributed by atoms with Crippen LogP contribution in [0.4, 0.5) is 0 Å². The van der Waals surface area contributed by atoms with Crippen LogP contribution >= 0.6 is 12.4 Å². The first-order chi connectivity index (χ1) is 8.26. The van der Waals surface area contributed by atoms with Crippen molar-refractivity contribution in [2.75, 3.05) is 40.0 Å². The van der Waals surface area contributed by atoms with E-state index in [1.165, 1.54) is 12.8 Å². The second-order valence-electron chi connectivity index (χ2n) is 5.04. The highest BCUT2D eigenvalue weighted by molar-refractivity contribution is 5.85. The molecule has 1 amide bonds. The van der Waals surface area contributed by atoms with Gasteiger partial charge in [-0.25, -0.2) is 0 Å². The van der Waals surface area contributed by atoms with Crippen LogP contribution in [0.3, 0.4) is 0 Å². The molecule has 2 aliphatic rings. The third-order valence-corrected chi connectivity index (χ3v) is 3.67. The maximum Gasteiger partial charge on any atom is 0.239 e. The van der Waals surface area contributed by atoms with Crippen LogP contribution in [0.5, 0.6) is 0 Å². The van der Waals surface area contributed by atoms with Gasteiger partial charge in [-0.15, -0.1) is 12.4 Å². The summed E-state index contributed by atoms with van der Waals surface area (Å²) < 4.78 is 10.4. The van der Waals surface area contributed by atoms with Crippen molar-refractivity contribution in [1.82, 2.24) is 10.6 Å². The third-order valence-electron chi connectivity index (χ3n) is 3.67. The highest BCUT2D eigenvalue weighted by Crippen LogP contribution is 2.48. The molecule has 0 spiro atoms. The normalized spacial score (nSPS) is 25.1. The van der Waals surface area contributed by atoms with E-state index in [1.54, 1.807) is 7.11 Å². The topological polar surface area (TPSA) is 59.6 Å². The largest absolute Gasteiger partial charge is 0.385 e. The van der Waals surface area contributed by atoms with Gasteiger partial charge in [0, 0.05) is 26.8 Å². The van der Waals surface area contributed by atoms with E-state index in [4.69, 9.17) is 9.47 Å². The average molecular weight is 279 g/mol. The molecule has 2 fully saturated rings. The summed E-state index contributed by atoms with van der Waals surface area (Å²) in [6.07, 6.45) is 3.44. The van der Waals surface area contributed by atoms with Crippen molar-refractivity contribution >= 4 is 18.3 Å². The lowest BCUT2D eigenvalue weighted by molar-refractivity contribution is -0.126. The summed E-state index contributed by atoms with van der Waals surface area (Å²) in [5.41, 5.74) is 0.307. The Bertz CT molecular complexity index is 266. The van der Waals surface area contributed by atoms with Crippen molar-refractivity contribution < 1.29 is 14.3 Å². The lowest BCUT2D eigenvalue weighted by Gasteiger charge is -2.24. The van der Waals surface area contributed by atoms with Crippen molar-refractivity contribution in [2.24, 2.45) is 5.41 Å². The zero-order valence-electron chi connectivity index (χ0n) is 10.9. The Hall–Kier alpha value is -0.360. The molecule has 1 saturated carbocycles. The summed E-state index contributed by atoms with van der Waals surface area (Å²) in [5, 5.41) is 6.18. The molecule has 1 heterocycles.